The van der Waals surface area contributed by atoms with Gasteiger partial charge in [-0.2, -0.15) is 0 Å². The lowest BCUT2D eigenvalue weighted by atomic mass is 9.95. The minimum absolute atomic E-state index is 0.354. The van der Waals surface area contributed by atoms with Crippen molar-refractivity contribution in [1.29, 1.82) is 0 Å². The Morgan fingerprint density at radius 1 is 1.38 bits per heavy atom. The number of carbonyl (C=O) groups is 2. The van der Waals surface area contributed by atoms with Gasteiger partial charge < -0.3 is 10.4 Å². The van der Waals surface area contributed by atoms with Crippen LogP contribution < -0.4 is 5.32 Å². The molecule has 0 bridgehead atoms. The van der Waals surface area contributed by atoms with Crippen LogP contribution >= 0.6 is 0 Å². The van der Waals surface area contributed by atoms with Gasteiger partial charge in [-0.05, 0) is 31.0 Å². The fourth-order valence-electron chi connectivity index (χ4n) is 2.08. The number of hydrogen-bond acceptors (Lipinski definition) is 3. The molecule has 1 aromatic rings. The lowest BCUT2D eigenvalue weighted by Gasteiger charge is -2.25. The summed E-state index contributed by atoms with van der Waals surface area (Å²) in [6.45, 7) is 3.37. The summed E-state index contributed by atoms with van der Waals surface area (Å²) in [5, 5.41) is 11.9. The van der Waals surface area contributed by atoms with Crippen molar-refractivity contribution >= 4 is 22.7 Å². The lowest BCUT2D eigenvalue weighted by Crippen LogP contribution is -2.52. The SMILES string of the molecule is CCCC(C)(NC(=O)c1cccc(CS(C)=O)c1)C(=O)O. The van der Waals surface area contributed by atoms with Gasteiger partial charge in [0.2, 0.25) is 0 Å². The van der Waals surface area contributed by atoms with Gasteiger partial charge in [-0.15, -0.1) is 0 Å². The van der Waals surface area contributed by atoms with E-state index in [4.69, 9.17) is 0 Å². The van der Waals surface area contributed by atoms with Gasteiger partial charge >= 0.3 is 5.97 Å². The number of aliphatic carboxylic acids is 1. The van der Waals surface area contributed by atoms with E-state index in [0.29, 0.717) is 24.2 Å². The molecule has 1 aromatic carbocycles. The standard InChI is InChI=1S/C15H21NO4S/c1-4-8-15(2,14(18)19)16-13(17)12-7-5-6-11(9-12)10-21(3)20/h5-7,9H,4,8,10H2,1-3H3,(H,16,17)(H,18,19). The van der Waals surface area contributed by atoms with Crippen molar-refractivity contribution in [3.63, 3.8) is 0 Å². The largest absolute Gasteiger partial charge is 0.480 e. The number of benzene rings is 1. The van der Waals surface area contributed by atoms with Crippen molar-refractivity contribution in [2.45, 2.75) is 38.0 Å². The molecule has 0 fully saturated rings. The van der Waals surface area contributed by atoms with Crippen LogP contribution in [-0.4, -0.2) is 33.0 Å². The van der Waals surface area contributed by atoms with Gasteiger partial charge in [-0.25, -0.2) is 4.79 Å². The summed E-state index contributed by atoms with van der Waals surface area (Å²) in [6.07, 6.45) is 2.60. The molecule has 1 amide bonds. The maximum absolute atomic E-state index is 12.2. The summed E-state index contributed by atoms with van der Waals surface area (Å²) in [5.41, 5.74) is -0.118. The molecule has 0 saturated carbocycles. The van der Waals surface area contributed by atoms with Gasteiger partial charge in [0.25, 0.3) is 5.91 Å². The van der Waals surface area contributed by atoms with E-state index in [-0.39, 0.29) is 0 Å². The molecule has 0 heterocycles. The van der Waals surface area contributed by atoms with E-state index in [1.54, 1.807) is 30.5 Å². The molecule has 0 saturated heterocycles. The van der Waals surface area contributed by atoms with E-state index in [0.717, 1.165) is 5.56 Å². The Bertz CT molecular complexity index is 558. The van der Waals surface area contributed by atoms with Gasteiger partial charge in [-0.3, -0.25) is 9.00 Å². The zero-order valence-corrected chi connectivity index (χ0v) is 13.3. The Labute approximate surface area is 127 Å². The number of carbonyl (C=O) groups excluding carboxylic acids is 1. The Morgan fingerprint density at radius 2 is 2.05 bits per heavy atom. The molecule has 2 atom stereocenters. The van der Waals surface area contributed by atoms with Crippen LogP contribution in [0.15, 0.2) is 24.3 Å². The minimum atomic E-state index is -1.28. The van der Waals surface area contributed by atoms with Crippen LogP contribution in [-0.2, 0) is 21.3 Å². The molecular formula is C15H21NO4S. The summed E-state index contributed by atoms with van der Waals surface area (Å²) >= 11 is 0. The predicted molar refractivity (Wildman–Crippen MR) is 82.6 cm³/mol. The molecular weight excluding hydrogens is 290 g/mol. The smallest absolute Gasteiger partial charge is 0.329 e. The monoisotopic (exact) mass is 311 g/mol. The predicted octanol–water partition coefficient (Wildman–Crippen LogP) is 1.94. The normalized spacial score (nSPS) is 15.0. The maximum Gasteiger partial charge on any atom is 0.329 e. The van der Waals surface area contributed by atoms with Crippen molar-refractivity contribution in [3.8, 4) is 0 Å². The third-order valence-corrected chi connectivity index (χ3v) is 3.91. The van der Waals surface area contributed by atoms with E-state index in [1.807, 2.05) is 6.92 Å². The molecule has 5 nitrogen and oxygen atoms in total. The molecule has 116 valence electrons. The average Bonchev–Trinajstić information content (AvgIpc) is 2.38. The average molecular weight is 311 g/mol. The summed E-state index contributed by atoms with van der Waals surface area (Å²) in [5.74, 6) is -1.12. The van der Waals surface area contributed by atoms with Crippen LogP contribution in [0.3, 0.4) is 0 Å². The molecule has 0 aromatic heterocycles. The van der Waals surface area contributed by atoms with Crippen molar-refractivity contribution in [1.82, 2.24) is 5.32 Å². The maximum atomic E-state index is 12.2. The molecule has 6 heteroatoms. The van der Waals surface area contributed by atoms with Crippen LogP contribution in [0.2, 0.25) is 0 Å². The van der Waals surface area contributed by atoms with Gasteiger partial charge in [0.1, 0.15) is 5.54 Å². The molecule has 0 aliphatic rings. The van der Waals surface area contributed by atoms with Crippen LogP contribution in [0.25, 0.3) is 0 Å². The first-order valence-electron chi connectivity index (χ1n) is 6.73. The molecule has 0 spiro atoms. The van der Waals surface area contributed by atoms with Crippen LogP contribution in [0.1, 0.15) is 42.6 Å². The highest BCUT2D eigenvalue weighted by Gasteiger charge is 2.34. The Kier molecular flexibility index (Phi) is 6.08. The number of hydrogen-bond donors (Lipinski definition) is 2. The van der Waals surface area contributed by atoms with Crippen molar-refractivity contribution < 1.29 is 18.9 Å². The number of nitrogens with one attached hydrogen (secondary N) is 1. The van der Waals surface area contributed by atoms with E-state index < -0.39 is 28.2 Å². The fourth-order valence-corrected chi connectivity index (χ4v) is 2.73. The van der Waals surface area contributed by atoms with E-state index >= 15 is 0 Å². The molecule has 2 N–H and O–H groups in total. The number of amides is 1. The molecule has 21 heavy (non-hydrogen) atoms. The second-order valence-corrected chi connectivity index (χ2v) is 6.69. The van der Waals surface area contributed by atoms with Gasteiger partial charge in [0.15, 0.2) is 0 Å². The topological polar surface area (TPSA) is 83.5 Å². The summed E-state index contributed by atoms with van der Waals surface area (Å²) in [7, 11) is -0.993. The first-order chi connectivity index (χ1) is 9.78. The summed E-state index contributed by atoms with van der Waals surface area (Å²) in [4.78, 5) is 23.6. The van der Waals surface area contributed by atoms with Crippen molar-refractivity contribution in [2.75, 3.05) is 6.26 Å². The molecule has 0 radical (unpaired) electrons. The van der Waals surface area contributed by atoms with Crippen LogP contribution in [0.4, 0.5) is 0 Å². The lowest BCUT2D eigenvalue weighted by molar-refractivity contribution is -0.144. The number of rotatable bonds is 7. The third-order valence-electron chi connectivity index (χ3n) is 3.17. The first-order valence-corrected chi connectivity index (χ1v) is 8.46. The van der Waals surface area contributed by atoms with E-state index in [9.17, 15) is 18.9 Å². The Balaban J connectivity index is 2.93. The minimum Gasteiger partial charge on any atom is -0.480 e. The second kappa shape index (κ2) is 7.36. The Hall–Kier alpha value is -1.69. The highest BCUT2D eigenvalue weighted by Crippen LogP contribution is 2.15. The molecule has 1 rings (SSSR count). The van der Waals surface area contributed by atoms with Crippen LogP contribution in [0.5, 0.6) is 0 Å². The van der Waals surface area contributed by atoms with Crippen molar-refractivity contribution in [3.05, 3.63) is 35.4 Å². The quantitative estimate of drug-likeness (QED) is 0.806. The highest BCUT2D eigenvalue weighted by molar-refractivity contribution is 7.83. The van der Waals surface area contributed by atoms with Crippen LogP contribution in [0, 0.1) is 0 Å². The fraction of sp³-hybridized carbons (Fsp3) is 0.467. The van der Waals surface area contributed by atoms with E-state index in [1.165, 1.54) is 6.92 Å². The number of carboxylic acids is 1. The van der Waals surface area contributed by atoms with Gasteiger partial charge in [0.05, 0.1) is 0 Å². The third kappa shape index (κ3) is 4.97. The second-order valence-electron chi connectivity index (χ2n) is 5.26. The van der Waals surface area contributed by atoms with Gasteiger partial charge in [-0.1, -0.05) is 25.5 Å². The molecule has 2 unspecified atom stereocenters. The van der Waals surface area contributed by atoms with Crippen molar-refractivity contribution in [2.24, 2.45) is 0 Å². The van der Waals surface area contributed by atoms with E-state index in [2.05, 4.69) is 5.32 Å². The zero-order chi connectivity index (χ0) is 16.0. The first kappa shape index (κ1) is 17.4. The molecule has 0 aliphatic carbocycles. The highest BCUT2D eigenvalue weighted by atomic mass is 32.2. The molecule has 0 aliphatic heterocycles. The summed E-state index contributed by atoms with van der Waals surface area (Å²) in [6, 6.07) is 6.76. The Morgan fingerprint density at radius 3 is 2.57 bits per heavy atom. The zero-order valence-electron chi connectivity index (χ0n) is 12.5. The number of carboxylic acid groups (broad SMARTS) is 1. The summed E-state index contributed by atoms with van der Waals surface area (Å²) < 4.78 is 11.2. The van der Waals surface area contributed by atoms with Gasteiger partial charge in [0, 0.05) is 28.4 Å².